The number of benzene rings is 2. The summed E-state index contributed by atoms with van der Waals surface area (Å²) in [7, 11) is 0. The fourth-order valence-corrected chi connectivity index (χ4v) is 2.21. The van der Waals surface area contributed by atoms with E-state index in [-0.39, 0.29) is 5.75 Å². The number of phenols is 1. The molecule has 0 aliphatic heterocycles. The molecule has 0 heterocycles. The van der Waals surface area contributed by atoms with Crippen LogP contribution >= 0.6 is 0 Å². The number of phenolic OH excluding ortho intramolecular Hbond substituents is 1. The summed E-state index contributed by atoms with van der Waals surface area (Å²) < 4.78 is 0. The van der Waals surface area contributed by atoms with Gasteiger partial charge in [0.15, 0.2) is 0 Å². The fourth-order valence-electron chi connectivity index (χ4n) is 2.21. The van der Waals surface area contributed by atoms with Crippen molar-refractivity contribution in [1.29, 1.82) is 0 Å². The lowest BCUT2D eigenvalue weighted by Crippen LogP contribution is -2.21. The van der Waals surface area contributed by atoms with Crippen LogP contribution in [0, 0.1) is 0 Å². The van der Waals surface area contributed by atoms with Crippen molar-refractivity contribution in [2.24, 2.45) is 5.16 Å². The summed E-state index contributed by atoms with van der Waals surface area (Å²) >= 11 is 0. The normalized spacial score (nSPS) is 10.8. The van der Waals surface area contributed by atoms with Crippen LogP contribution in [0.1, 0.15) is 25.0 Å². The van der Waals surface area contributed by atoms with Crippen LogP contribution < -0.4 is 4.90 Å². The Balaban J connectivity index is 1.96. The molecule has 0 aromatic heterocycles. The van der Waals surface area contributed by atoms with Gasteiger partial charge in [-0.25, -0.2) is 0 Å². The molecule has 0 spiro atoms. The third-order valence-corrected chi connectivity index (χ3v) is 3.48. The van der Waals surface area contributed by atoms with Crippen LogP contribution in [-0.2, 0) is 11.4 Å². The van der Waals surface area contributed by atoms with Gasteiger partial charge in [-0.05, 0) is 31.5 Å². The molecule has 116 valence electrons. The third-order valence-electron chi connectivity index (χ3n) is 3.48. The van der Waals surface area contributed by atoms with Gasteiger partial charge in [0, 0.05) is 30.4 Å². The Bertz CT molecular complexity index is 608. The fraction of sp³-hybridized carbons (Fsp3) is 0.278. The first-order valence-electron chi connectivity index (χ1n) is 7.51. The van der Waals surface area contributed by atoms with Gasteiger partial charge in [0.25, 0.3) is 0 Å². The Morgan fingerprint density at radius 1 is 1.09 bits per heavy atom. The molecular formula is C18H22N2O2. The van der Waals surface area contributed by atoms with Gasteiger partial charge in [-0.15, -0.1) is 0 Å². The molecule has 22 heavy (non-hydrogen) atoms. The molecule has 0 amide bonds. The summed E-state index contributed by atoms with van der Waals surface area (Å²) in [6.45, 7) is 6.41. The second-order valence-corrected chi connectivity index (χ2v) is 4.91. The van der Waals surface area contributed by atoms with E-state index < -0.39 is 0 Å². The molecule has 0 fully saturated rings. The van der Waals surface area contributed by atoms with E-state index in [9.17, 15) is 5.11 Å². The van der Waals surface area contributed by atoms with Gasteiger partial charge in [0.1, 0.15) is 12.4 Å². The van der Waals surface area contributed by atoms with Crippen LogP contribution in [0.5, 0.6) is 5.75 Å². The topological polar surface area (TPSA) is 45.1 Å². The Morgan fingerprint density at radius 3 is 2.45 bits per heavy atom. The van der Waals surface area contributed by atoms with Crippen LogP contribution in [0.2, 0.25) is 0 Å². The molecule has 0 aliphatic carbocycles. The molecule has 0 bridgehead atoms. The molecule has 4 nitrogen and oxygen atoms in total. The smallest absolute Gasteiger partial charge is 0.142 e. The van der Waals surface area contributed by atoms with Crippen LogP contribution in [0.15, 0.2) is 53.7 Å². The number of aromatic hydroxyl groups is 1. The molecule has 0 unspecified atom stereocenters. The van der Waals surface area contributed by atoms with Gasteiger partial charge in [-0.3, -0.25) is 0 Å². The minimum atomic E-state index is 0.205. The van der Waals surface area contributed by atoms with Gasteiger partial charge in [-0.1, -0.05) is 35.5 Å². The van der Waals surface area contributed by atoms with Crippen molar-refractivity contribution in [2.75, 3.05) is 18.0 Å². The van der Waals surface area contributed by atoms with E-state index in [2.05, 4.69) is 23.9 Å². The number of rotatable bonds is 7. The first-order valence-corrected chi connectivity index (χ1v) is 7.51. The molecular weight excluding hydrogens is 276 g/mol. The van der Waals surface area contributed by atoms with Gasteiger partial charge >= 0.3 is 0 Å². The number of hydrogen-bond donors (Lipinski definition) is 1. The highest BCUT2D eigenvalue weighted by atomic mass is 16.6. The number of oxime groups is 1. The quantitative estimate of drug-likeness (QED) is 0.625. The summed E-state index contributed by atoms with van der Waals surface area (Å²) in [5, 5.41) is 14.0. The van der Waals surface area contributed by atoms with Crippen molar-refractivity contribution < 1.29 is 9.94 Å². The van der Waals surface area contributed by atoms with E-state index in [1.165, 1.54) is 6.21 Å². The maximum Gasteiger partial charge on any atom is 0.142 e. The molecule has 0 saturated carbocycles. The molecule has 2 rings (SSSR count). The van der Waals surface area contributed by atoms with Gasteiger partial charge in [-0.2, -0.15) is 0 Å². The first-order chi connectivity index (χ1) is 10.7. The van der Waals surface area contributed by atoms with Crippen LogP contribution in [-0.4, -0.2) is 24.4 Å². The monoisotopic (exact) mass is 298 g/mol. The zero-order valence-corrected chi connectivity index (χ0v) is 13.1. The third kappa shape index (κ3) is 4.25. The Kier molecular flexibility index (Phi) is 5.83. The highest BCUT2D eigenvalue weighted by molar-refractivity contribution is 5.84. The molecule has 0 saturated heterocycles. The zero-order valence-electron chi connectivity index (χ0n) is 13.1. The number of hydrogen-bond acceptors (Lipinski definition) is 4. The van der Waals surface area contributed by atoms with Crippen LogP contribution in [0.3, 0.4) is 0 Å². The van der Waals surface area contributed by atoms with E-state index in [0.717, 1.165) is 24.3 Å². The summed E-state index contributed by atoms with van der Waals surface area (Å²) in [5.41, 5.74) is 2.70. The second-order valence-electron chi connectivity index (χ2n) is 4.91. The Morgan fingerprint density at radius 2 is 1.82 bits per heavy atom. The number of anilines is 1. The lowest BCUT2D eigenvalue weighted by Gasteiger charge is -2.21. The SMILES string of the molecule is CCN(CC)c1ccc(/C=N/OCc2ccccc2)c(O)c1. The highest BCUT2D eigenvalue weighted by Crippen LogP contribution is 2.23. The largest absolute Gasteiger partial charge is 0.507 e. The molecule has 4 heteroatoms. The maximum atomic E-state index is 10.1. The van der Waals surface area contributed by atoms with E-state index in [1.807, 2.05) is 42.5 Å². The summed E-state index contributed by atoms with van der Waals surface area (Å²) in [6.07, 6.45) is 1.53. The molecule has 1 N–H and O–H groups in total. The minimum Gasteiger partial charge on any atom is -0.507 e. The van der Waals surface area contributed by atoms with Crippen LogP contribution in [0.25, 0.3) is 0 Å². The molecule has 2 aromatic rings. The van der Waals surface area contributed by atoms with Gasteiger partial charge < -0.3 is 14.8 Å². The lowest BCUT2D eigenvalue weighted by atomic mass is 10.2. The maximum absolute atomic E-state index is 10.1. The zero-order chi connectivity index (χ0) is 15.8. The van der Waals surface area contributed by atoms with Crippen molar-refractivity contribution in [3.63, 3.8) is 0 Å². The van der Waals surface area contributed by atoms with Crippen molar-refractivity contribution in [1.82, 2.24) is 0 Å². The molecule has 0 aliphatic rings. The van der Waals surface area contributed by atoms with E-state index in [1.54, 1.807) is 6.07 Å². The average Bonchev–Trinajstić information content (AvgIpc) is 2.55. The van der Waals surface area contributed by atoms with E-state index >= 15 is 0 Å². The van der Waals surface area contributed by atoms with Crippen LogP contribution in [0.4, 0.5) is 5.69 Å². The van der Waals surface area contributed by atoms with Crippen molar-refractivity contribution >= 4 is 11.9 Å². The predicted molar refractivity (Wildman–Crippen MR) is 90.5 cm³/mol. The van der Waals surface area contributed by atoms with E-state index in [0.29, 0.717) is 12.2 Å². The summed E-state index contributed by atoms with van der Waals surface area (Å²) in [4.78, 5) is 7.42. The summed E-state index contributed by atoms with van der Waals surface area (Å²) in [5.74, 6) is 0.205. The van der Waals surface area contributed by atoms with Crippen molar-refractivity contribution in [3.05, 3.63) is 59.7 Å². The van der Waals surface area contributed by atoms with Gasteiger partial charge in [0.2, 0.25) is 0 Å². The second kappa shape index (κ2) is 8.08. The minimum absolute atomic E-state index is 0.205. The average molecular weight is 298 g/mol. The molecule has 0 atom stereocenters. The lowest BCUT2D eigenvalue weighted by molar-refractivity contribution is 0.132. The standard InChI is InChI=1S/C18H22N2O2/c1-3-20(4-2)17-11-10-16(18(21)12-17)13-19-22-14-15-8-6-5-7-9-15/h5-13,21H,3-4,14H2,1-2H3/b19-13+. The first kappa shape index (κ1) is 15.9. The van der Waals surface area contributed by atoms with E-state index in [4.69, 9.17) is 4.84 Å². The summed E-state index contributed by atoms with van der Waals surface area (Å²) in [6, 6.07) is 15.4. The molecule has 2 aromatic carbocycles. The Hall–Kier alpha value is -2.49. The van der Waals surface area contributed by atoms with Crippen molar-refractivity contribution in [2.45, 2.75) is 20.5 Å². The predicted octanol–water partition coefficient (Wildman–Crippen LogP) is 3.79. The van der Waals surface area contributed by atoms with Gasteiger partial charge in [0.05, 0.1) is 6.21 Å². The van der Waals surface area contributed by atoms with Crippen molar-refractivity contribution in [3.8, 4) is 5.75 Å². The Labute approximate surface area is 131 Å². The number of nitrogens with zero attached hydrogens (tertiary/aromatic N) is 2. The highest BCUT2D eigenvalue weighted by Gasteiger charge is 2.05. The molecule has 0 radical (unpaired) electrons.